The molecular formula is C9H13NO2S. The Hall–Kier alpha value is -0.450. The summed E-state index contributed by atoms with van der Waals surface area (Å²) in [4.78, 5) is 4.29. The maximum absolute atomic E-state index is 10.2. The Morgan fingerprint density at radius 1 is 1.69 bits per heavy atom. The van der Waals surface area contributed by atoms with Gasteiger partial charge in [-0.2, -0.15) is 0 Å². The zero-order valence-corrected chi connectivity index (χ0v) is 8.43. The van der Waals surface area contributed by atoms with E-state index in [0.29, 0.717) is 6.61 Å². The Morgan fingerprint density at radius 2 is 2.54 bits per heavy atom. The molecular weight excluding hydrogens is 186 g/mol. The van der Waals surface area contributed by atoms with Crippen LogP contribution in [0.15, 0.2) is 5.38 Å². The lowest BCUT2D eigenvalue weighted by molar-refractivity contribution is -0.0925. The summed E-state index contributed by atoms with van der Waals surface area (Å²) in [7, 11) is 0. The highest BCUT2D eigenvalue weighted by Crippen LogP contribution is 2.30. The van der Waals surface area contributed by atoms with Crippen LogP contribution in [0, 0.1) is 6.92 Å². The highest BCUT2D eigenvalue weighted by molar-refractivity contribution is 7.09. The third kappa shape index (κ3) is 1.75. The van der Waals surface area contributed by atoms with Crippen molar-refractivity contribution in [1.29, 1.82) is 0 Å². The van der Waals surface area contributed by atoms with Gasteiger partial charge in [0.25, 0.3) is 0 Å². The van der Waals surface area contributed by atoms with Gasteiger partial charge in [0.1, 0.15) is 5.60 Å². The molecule has 1 aliphatic heterocycles. The van der Waals surface area contributed by atoms with Gasteiger partial charge < -0.3 is 9.84 Å². The molecule has 3 nitrogen and oxygen atoms in total. The van der Waals surface area contributed by atoms with E-state index in [9.17, 15) is 5.11 Å². The molecule has 0 aromatic carbocycles. The number of rotatable bonds is 1. The number of aliphatic hydroxyl groups is 1. The summed E-state index contributed by atoms with van der Waals surface area (Å²) >= 11 is 1.57. The number of nitrogens with zero attached hydrogens (tertiary/aromatic N) is 1. The first-order chi connectivity index (χ1) is 6.21. The van der Waals surface area contributed by atoms with Crippen molar-refractivity contribution in [2.24, 2.45) is 0 Å². The molecule has 1 atom stereocenters. The van der Waals surface area contributed by atoms with Crippen LogP contribution in [-0.4, -0.2) is 23.3 Å². The van der Waals surface area contributed by atoms with E-state index in [1.807, 2.05) is 12.3 Å². The fourth-order valence-corrected chi connectivity index (χ4v) is 2.26. The molecule has 2 heterocycles. The van der Waals surface area contributed by atoms with Gasteiger partial charge in [-0.1, -0.05) is 0 Å². The molecule has 1 saturated heterocycles. The summed E-state index contributed by atoms with van der Waals surface area (Å²) in [6.45, 7) is 3.09. The van der Waals surface area contributed by atoms with E-state index in [-0.39, 0.29) is 0 Å². The number of hydrogen-bond acceptors (Lipinski definition) is 4. The second kappa shape index (κ2) is 3.36. The van der Waals surface area contributed by atoms with Gasteiger partial charge in [-0.3, -0.25) is 0 Å². The first-order valence-corrected chi connectivity index (χ1v) is 5.31. The smallest absolute Gasteiger partial charge is 0.131 e. The van der Waals surface area contributed by atoms with Gasteiger partial charge in [-0.05, 0) is 19.8 Å². The lowest BCUT2D eigenvalue weighted by Gasteiger charge is -2.30. The molecule has 0 spiro atoms. The minimum Gasteiger partial charge on any atom is -0.381 e. The van der Waals surface area contributed by atoms with E-state index in [0.717, 1.165) is 30.2 Å². The maximum Gasteiger partial charge on any atom is 0.131 e. The van der Waals surface area contributed by atoms with Gasteiger partial charge in [0.15, 0.2) is 0 Å². The molecule has 72 valence electrons. The topological polar surface area (TPSA) is 42.4 Å². The Kier molecular flexibility index (Phi) is 2.36. The van der Waals surface area contributed by atoms with Gasteiger partial charge in [0.05, 0.1) is 17.3 Å². The SMILES string of the molecule is Cc1nc(C2(O)CCCOC2)cs1. The summed E-state index contributed by atoms with van der Waals surface area (Å²) < 4.78 is 5.26. The van der Waals surface area contributed by atoms with Crippen LogP contribution in [0.1, 0.15) is 23.5 Å². The van der Waals surface area contributed by atoms with E-state index in [2.05, 4.69) is 4.98 Å². The van der Waals surface area contributed by atoms with Crippen LogP contribution in [0.2, 0.25) is 0 Å². The molecule has 0 bridgehead atoms. The van der Waals surface area contributed by atoms with E-state index < -0.39 is 5.60 Å². The predicted octanol–water partition coefficient (Wildman–Crippen LogP) is 1.45. The minimum atomic E-state index is -0.830. The molecule has 0 amide bonds. The number of aromatic nitrogens is 1. The fourth-order valence-electron chi connectivity index (χ4n) is 1.56. The molecule has 4 heteroatoms. The third-order valence-corrected chi connectivity index (χ3v) is 3.09. The number of ether oxygens (including phenoxy) is 1. The zero-order valence-electron chi connectivity index (χ0n) is 7.62. The molecule has 1 aromatic heterocycles. The highest BCUT2D eigenvalue weighted by atomic mass is 32.1. The number of thiazole rings is 1. The molecule has 1 N–H and O–H groups in total. The molecule has 1 fully saturated rings. The fraction of sp³-hybridized carbons (Fsp3) is 0.667. The molecule has 2 rings (SSSR count). The summed E-state index contributed by atoms with van der Waals surface area (Å²) in [6, 6.07) is 0. The van der Waals surface area contributed by atoms with E-state index in [1.54, 1.807) is 11.3 Å². The average molecular weight is 199 g/mol. The highest BCUT2D eigenvalue weighted by Gasteiger charge is 2.34. The largest absolute Gasteiger partial charge is 0.381 e. The van der Waals surface area contributed by atoms with Crippen molar-refractivity contribution in [2.75, 3.05) is 13.2 Å². The summed E-state index contributed by atoms with van der Waals surface area (Å²) in [5, 5.41) is 13.1. The van der Waals surface area contributed by atoms with Crippen LogP contribution >= 0.6 is 11.3 Å². The first kappa shape index (κ1) is 9.12. The van der Waals surface area contributed by atoms with E-state index in [4.69, 9.17) is 4.74 Å². The predicted molar refractivity (Wildman–Crippen MR) is 50.8 cm³/mol. The van der Waals surface area contributed by atoms with Crippen molar-refractivity contribution >= 4 is 11.3 Å². The summed E-state index contributed by atoms with van der Waals surface area (Å²) in [5.41, 5.74) is -0.0575. The van der Waals surface area contributed by atoms with Gasteiger partial charge in [0, 0.05) is 12.0 Å². The van der Waals surface area contributed by atoms with E-state index in [1.165, 1.54) is 0 Å². The standard InChI is InChI=1S/C9H13NO2S/c1-7-10-8(5-13-7)9(11)3-2-4-12-6-9/h5,11H,2-4,6H2,1H3. The lowest BCUT2D eigenvalue weighted by atomic mass is 9.94. The Balaban J connectivity index is 2.22. The normalized spacial score (nSPS) is 29.1. The van der Waals surface area contributed by atoms with Crippen molar-refractivity contribution in [3.8, 4) is 0 Å². The first-order valence-electron chi connectivity index (χ1n) is 4.43. The Labute approximate surface area is 81.4 Å². The van der Waals surface area contributed by atoms with Crippen LogP contribution in [0.4, 0.5) is 0 Å². The maximum atomic E-state index is 10.2. The molecule has 0 radical (unpaired) electrons. The van der Waals surface area contributed by atoms with Crippen molar-refractivity contribution in [3.63, 3.8) is 0 Å². The van der Waals surface area contributed by atoms with Crippen molar-refractivity contribution in [1.82, 2.24) is 4.98 Å². The second-order valence-electron chi connectivity index (χ2n) is 3.44. The van der Waals surface area contributed by atoms with Crippen molar-refractivity contribution in [3.05, 3.63) is 16.1 Å². The van der Waals surface area contributed by atoms with E-state index >= 15 is 0 Å². The summed E-state index contributed by atoms with van der Waals surface area (Å²) in [5.74, 6) is 0. The monoisotopic (exact) mass is 199 g/mol. The van der Waals surface area contributed by atoms with Crippen LogP contribution in [0.3, 0.4) is 0 Å². The van der Waals surface area contributed by atoms with Crippen molar-refractivity contribution < 1.29 is 9.84 Å². The Bertz CT molecular complexity index is 292. The molecule has 1 unspecified atom stereocenters. The second-order valence-corrected chi connectivity index (χ2v) is 4.50. The van der Waals surface area contributed by atoms with Gasteiger partial charge in [-0.25, -0.2) is 4.98 Å². The quantitative estimate of drug-likeness (QED) is 0.744. The van der Waals surface area contributed by atoms with Crippen molar-refractivity contribution in [2.45, 2.75) is 25.4 Å². The Morgan fingerprint density at radius 3 is 3.08 bits per heavy atom. The third-order valence-electron chi connectivity index (χ3n) is 2.32. The van der Waals surface area contributed by atoms with Crippen LogP contribution in [-0.2, 0) is 10.3 Å². The molecule has 13 heavy (non-hydrogen) atoms. The average Bonchev–Trinajstić information content (AvgIpc) is 2.54. The molecule has 0 aliphatic carbocycles. The molecule has 0 saturated carbocycles. The molecule has 1 aliphatic rings. The van der Waals surface area contributed by atoms with Gasteiger partial charge >= 0.3 is 0 Å². The van der Waals surface area contributed by atoms with Crippen LogP contribution in [0.5, 0.6) is 0 Å². The minimum absolute atomic E-state index is 0.385. The zero-order chi connectivity index (χ0) is 9.31. The van der Waals surface area contributed by atoms with Gasteiger partial charge in [0.2, 0.25) is 0 Å². The van der Waals surface area contributed by atoms with Crippen LogP contribution < -0.4 is 0 Å². The number of hydrogen-bond donors (Lipinski definition) is 1. The van der Waals surface area contributed by atoms with Crippen LogP contribution in [0.25, 0.3) is 0 Å². The lowest BCUT2D eigenvalue weighted by Crippen LogP contribution is -2.36. The van der Waals surface area contributed by atoms with Gasteiger partial charge in [-0.15, -0.1) is 11.3 Å². The number of aryl methyl sites for hydroxylation is 1. The summed E-state index contributed by atoms with van der Waals surface area (Å²) in [6.07, 6.45) is 1.67. The molecule has 1 aromatic rings.